The second-order valence-electron chi connectivity index (χ2n) is 3.22. The predicted molar refractivity (Wildman–Crippen MR) is 55.8 cm³/mol. The fourth-order valence-electron chi connectivity index (χ4n) is 1.42. The largest absolute Gasteiger partial charge is 0.350 e. The van der Waals surface area contributed by atoms with Gasteiger partial charge in [0, 0.05) is 6.42 Å². The Morgan fingerprint density at radius 1 is 1.14 bits per heavy atom. The van der Waals surface area contributed by atoms with E-state index in [1.165, 1.54) is 5.56 Å². The lowest BCUT2D eigenvalue weighted by atomic mass is 10.2. The summed E-state index contributed by atoms with van der Waals surface area (Å²) in [7, 11) is 0. The molecular weight excluding hydrogens is 176 g/mol. The minimum absolute atomic E-state index is 0.0324. The van der Waals surface area contributed by atoms with Crippen LogP contribution in [0.25, 0.3) is 6.08 Å². The molecule has 1 heterocycles. The lowest BCUT2D eigenvalue weighted by molar-refractivity contribution is -0.0379. The molecule has 0 atom stereocenters. The van der Waals surface area contributed by atoms with Crippen LogP contribution >= 0.6 is 0 Å². The van der Waals surface area contributed by atoms with Gasteiger partial charge in [0.25, 0.3) is 0 Å². The molecule has 0 aliphatic carbocycles. The van der Waals surface area contributed by atoms with Crippen molar-refractivity contribution in [3.63, 3.8) is 0 Å². The number of benzene rings is 1. The maximum absolute atomic E-state index is 5.32. The van der Waals surface area contributed by atoms with Crippen molar-refractivity contribution < 1.29 is 9.47 Å². The van der Waals surface area contributed by atoms with E-state index in [0.717, 1.165) is 19.6 Å². The van der Waals surface area contributed by atoms with E-state index in [1.54, 1.807) is 0 Å². The molecule has 0 aromatic heterocycles. The van der Waals surface area contributed by atoms with E-state index < -0.39 is 0 Å². The highest BCUT2D eigenvalue weighted by Gasteiger charge is 2.12. The van der Waals surface area contributed by atoms with Crippen LogP contribution in [-0.4, -0.2) is 19.5 Å². The fourth-order valence-corrected chi connectivity index (χ4v) is 1.42. The van der Waals surface area contributed by atoms with Crippen LogP contribution in [0.3, 0.4) is 0 Å². The zero-order valence-electron chi connectivity index (χ0n) is 8.06. The SMILES string of the molecule is C(=C\c1ccccc1)/CC1OCCO1. The van der Waals surface area contributed by atoms with Gasteiger partial charge in [-0.25, -0.2) is 0 Å². The summed E-state index contributed by atoms with van der Waals surface area (Å²) in [5.41, 5.74) is 1.21. The average molecular weight is 190 g/mol. The normalized spacial score (nSPS) is 18.0. The topological polar surface area (TPSA) is 18.5 Å². The Kier molecular flexibility index (Phi) is 3.33. The first-order chi connectivity index (χ1) is 6.95. The monoisotopic (exact) mass is 190 g/mol. The summed E-state index contributed by atoms with van der Waals surface area (Å²) in [5, 5.41) is 0. The van der Waals surface area contributed by atoms with Crippen molar-refractivity contribution in [2.75, 3.05) is 13.2 Å². The Bertz CT molecular complexity index is 286. The highest BCUT2D eigenvalue weighted by molar-refractivity contribution is 5.48. The van der Waals surface area contributed by atoms with Crippen LogP contribution < -0.4 is 0 Å². The molecule has 14 heavy (non-hydrogen) atoms. The van der Waals surface area contributed by atoms with E-state index in [4.69, 9.17) is 9.47 Å². The van der Waals surface area contributed by atoms with E-state index in [-0.39, 0.29) is 6.29 Å². The molecule has 0 radical (unpaired) electrons. The maximum atomic E-state index is 5.32. The van der Waals surface area contributed by atoms with Crippen molar-refractivity contribution in [2.24, 2.45) is 0 Å². The van der Waals surface area contributed by atoms with Gasteiger partial charge < -0.3 is 9.47 Å². The second kappa shape index (κ2) is 4.94. The highest BCUT2D eigenvalue weighted by atomic mass is 16.7. The van der Waals surface area contributed by atoms with Crippen molar-refractivity contribution in [1.82, 2.24) is 0 Å². The average Bonchev–Trinajstić information content (AvgIpc) is 2.72. The number of hydrogen-bond acceptors (Lipinski definition) is 2. The van der Waals surface area contributed by atoms with Crippen LogP contribution in [0.2, 0.25) is 0 Å². The molecule has 0 spiro atoms. The fraction of sp³-hybridized carbons (Fsp3) is 0.333. The summed E-state index contributed by atoms with van der Waals surface area (Å²) in [6.45, 7) is 1.45. The molecule has 1 saturated heterocycles. The summed E-state index contributed by atoms with van der Waals surface area (Å²) in [4.78, 5) is 0. The Morgan fingerprint density at radius 3 is 2.57 bits per heavy atom. The first-order valence-corrected chi connectivity index (χ1v) is 4.90. The molecule has 0 amide bonds. The van der Waals surface area contributed by atoms with E-state index in [2.05, 4.69) is 24.3 Å². The summed E-state index contributed by atoms with van der Waals surface area (Å²) in [5.74, 6) is 0. The van der Waals surface area contributed by atoms with Crippen molar-refractivity contribution in [2.45, 2.75) is 12.7 Å². The second-order valence-corrected chi connectivity index (χ2v) is 3.22. The third kappa shape index (κ3) is 2.69. The van der Waals surface area contributed by atoms with Crippen molar-refractivity contribution >= 4 is 6.08 Å². The van der Waals surface area contributed by atoms with Gasteiger partial charge in [0.05, 0.1) is 13.2 Å². The molecule has 1 aliphatic rings. The van der Waals surface area contributed by atoms with Crippen LogP contribution in [0.1, 0.15) is 12.0 Å². The maximum Gasteiger partial charge on any atom is 0.161 e. The molecule has 0 bridgehead atoms. The van der Waals surface area contributed by atoms with Gasteiger partial charge in [-0.15, -0.1) is 0 Å². The van der Waals surface area contributed by atoms with Gasteiger partial charge in [-0.1, -0.05) is 42.5 Å². The molecule has 2 rings (SSSR count). The van der Waals surface area contributed by atoms with Crippen molar-refractivity contribution in [3.05, 3.63) is 42.0 Å². The first kappa shape index (κ1) is 9.44. The van der Waals surface area contributed by atoms with Gasteiger partial charge in [-0.05, 0) is 5.56 Å². The van der Waals surface area contributed by atoms with Gasteiger partial charge in [-0.3, -0.25) is 0 Å². The van der Waals surface area contributed by atoms with Gasteiger partial charge in [0.15, 0.2) is 6.29 Å². The van der Waals surface area contributed by atoms with Gasteiger partial charge in [0.1, 0.15) is 0 Å². The molecular formula is C12H14O2. The molecule has 0 unspecified atom stereocenters. The molecule has 1 aliphatic heterocycles. The van der Waals surface area contributed by atoms with E-state index in [9.17, 15) is 0 Å². The summed E-state index contributed by atoms with van der Waals surface area (Å²) >= 11 is 0. The third-order valence-electron chi connectivity index (χ3n) is 2.13. The van der Waals surface area contributed by atoms with Gasteiger partial charge in [0.2, 0.25) is 0 Å². The summed E-state index contributed by atoms with van der Waals surface area (Å²) < 4.78 is 10.6. The van der Waals surface area contributed by atoms with Crippen molar-refractivity contribution in [3.8, 4) is 0 Å². The summed E-state index contributed by atoms with van der Waals surface area (Å²) in [6.07, 6.45) is 4.97. The zero-order chi connectivity index (χ0) is 9.64. The lowest BCUT2D eigenvalue weighted by Crippen LogP contribution is -2.04. The third-order valence-corrected chi connectivity index (χ3v) is 2.13. The van der Waals surface area contributed by atoms with Crippen LogP contribution in [0.4, 0.5) is 0 Å². The van der Waals surface area contributed by atoms with Gasteiger partial charge in [-0.2, -0.15) is 0 Å². The molecule has 1 aromatic rings. The van der Waals surface area contributed by atoms with Crippen LogP contribution in [0.5, 0.6) is 0 Å². The van der Waals surface area contributed by atoms with Crippen LogP contribution in [-0.2, 0) is 9.47 Å². The van der Waals surface area contributed by atoms with Gasteiger partial charge >= 0.3 is 0 Å². The minimum atomic E-state index is -0.0324. The molecule has 2 heteroatoms. The van der Waals surface area contributed by atoms with Crippen LogP contribution in [0, 0.1) is 0 Å². The van der Waals surface area contributed by atoms with E-state index >= 15 is 0 Å². The number of hydrogen-bond donors (Lipinski definition) is 0. The minimum Gasteiger partial charge on any atom is -0.350 e. The smallest absolute Gasteiger partial charge is 0.161 e. The van der Waals surface area contributed by atoms with E-state index in [1.807, 2.05) is 18.2 Å². The quantitative estimate of drug-likeness (QED) is 0.729. The molecule has 74 valence electrons. The Hall–Kier alpha value is -1.12. The molecule has 2 nitrogen and oxygen atoms in total. The highest BCUT2D eigenvalue weighted by Crippen LogP contribution is 2.10. The predicted octanol–water partition coefficient (Wildman–Crippen LogP) is 2.46. The van der Waals surface area contributed by atoms with Crippen molar-refractivity contribution in [1.29, 1.82) is 0 Å². The molecule has 1 fully saturated rings. The Balaban J connectivity index is 1.82. The first-order valence-electron chi connectivity index (χ1n) is 4.90. The Labute approximate surface area is 84.2 Å². The molecule has 1 aromatic carbocycles. The molecule has 0 N–H and O–H groups in total. The molecule has 0 saturated carbocycles. The lowest BCUT2D eigenvalue weighted by Gasteiger charge is -2.03. The number of ether oxygens (including phenoxy) is 2. The standard InChI is InChI=1S/C12H14O2/c1-2-5-11(6-3-1)7-4-8-12-13-9-10-14-12/h1-7,12H,8-10H2/b7-4+. The van der Waals surface area contributed by atoms with Crippen LogP contribution in [0.15, 0.2) is 36.4 Å². The number of rotatable bonds is 3. The summed E-state index contributed by atoms with van der Waals surface area (Å²) in [6, 6.07) is 10.2. The zero-order valence-corrected chi connectivity index (χ0v) is 8.06. The van der Waals surface area contributed by atoms with E-state index in [0.29, 0.717) is 0 Å². The Morgan fingerprint density at radius 2 is 1.86 bits per heavy atom.